The summed E-state index contributed by atoms with van der Waals surface area (Å²) in [5.41, 5.74) is 1.47. The van der Waals surface area contributed by atoms with Crippen LogP contribution in [0, 0.1) is 0 Å². The zero-order valence-corrected chi connectivity index (χ0v) is 13.8. The highest BCUT2D eigenvalue weighted by atomic mass is 79.9. The van der Waals surface area contributed by atoms with Crippen molar-refractivity contribution in [3.8, 4) is 0 Å². The Morgan fingerprint density at radius 3 is 3.00 bits per heavy atom. The molecule has 6 nitrogen and oxygen atoms in total. The lowest BCUT2D eigenvalue weighted by atomic mass is 10.2. The van der Waals surface area contributed by atoms with Crippen LogP contribution in [0.1, 0.15) is 12.2 Å². The van der Waals surface area contributed by atoms with Crippen molar-refractivity contribution in [2.75, 3.05) is 11.9 Å². The molecule has 3 rings (SSSR count). The highest BCUT2D eigenvalue weighted by Gasteiger charge is 2.07. The van der Waals surface area contributed by atoms with Crippen molar-refractivity contribution in [1.82, 2.24) is 20.2 Å². The number of rotatable bonds is 5. The Morgan fingerprint density at radius 1 is 1.36 bits per heavy atom. The number of pyridine rings is 1. The fraction of sp³-hybridized carbons (Fsp3) is 0.214. The molecule has 0 radical (unpaired) electrons. The standard InChI is InChI=1S/C14H13BrClN5O/c15-8-6-9-11(3-5-18-13(9)10(16)7-8)17-4-1-2-12-19-14(22)21-20-12/h3,5-7H,1-2,4H2,(H,17,18)(H2,19,20,21,22). The Morgan fingerprint density at radius 2 is 2.23 bits per heavy atom. The van der Waals surface area contributed by atoms with E-state index in [2.05, 4.69) is 41.4 Å². The molecule has 0 aliphatic heterocycles. The van der Waals surface area contributed by atoms with Gasteiger partial charge >= 0.3 is 5.69 Å². The molecule has 0 amide bonds. The molecule has 0 saturated carbocycles. The highest BCUT2D eigenvalue weighted by molar-refractivity contribution is 9.10. The number of H-pyrrole nitrogens is 2. The van der Waals surface area contributed by atoms with Gasteiger partial charge in [-0.3, -0.25) is 9.97 Å². The van der Waals surface area contributed by atoms with Gasteiger partial charge < -0.3 is 5.32 Å². The van der Waals surface area contributed by atoms with Crippen molar-refractivity contribution in [3.05, 3.63) is 50.2 Å². The van der Waals surface area contributed by atoms with Crippen molar-refractivity contribution in [1.29, 1.82) is 0 Å². The Kier molecular flexibility index (Phi) is 4.44. The van der Waals surface area contributed by atoms with Crippen LogP contribution >= 0.6 is 27.5 Å². The number of aromatic nitrogens is 4. The van der Waals surface area contributed by atoms with Gasteiger partial charge in [-0.1, -0.05) is 27.5 Å². The average Bonchev–Trinajstić information content (AvgIpc) is 2.89. The van der Waals surface area contributed by atoms with E-state index in [0.29, 0.717) is 17.3 Å². The van der Waals surface area contributed by atoms with Gasteiger partial charge in [0.25, 0.3) is 0 Å². The number of benzene rings is 1. The summed E-state index contributed by atoms with van der Waals surface area (Å²) >= 11 is 9.66. The first-order chi connectivity index (χ1) is 10.6. The van der Waals surface area contributed by atoms with Gasteiger partial charge in [0.05, 0.1) is 10.5 Å². The molecule has 0 saturated heterocycles. The Bertz CT molecular complexity index is 860. The molecule has 3 N–H and O–H groups in total. The number of nitrogens with one attached hydrogen (secondary N) is 3. The normalized spacial score (nSPS) is 11.0. The summed E-state index contributed by atoms with van der Waals surface area (Å²) in [4.78, 5) is 17.9. The first kappa shape index (κ1) is 15.1. The third-order valence-electron chi connectivity index (χ3n) is 3.22. The summed E-state index contributed by atoms with van der Waals surface area (Å²) in [7, 11) is 0. The molecule has 2 heterocycles. The van der Waals surface area contributed by atoms with E-state index in [0.717, 1.165) is 34.0 Å². The number of aromatic amines is 2. The molecule has 0 atom stereocenters. The lowest BCUT2D eigenvalue weighted by Crippen LogP contribution is -2.05. The Hall–Kier alpha value is -1.86. The Balaban J connectivity index is 1.70. The second-order valence-corrected chi connectivity index (χ2v) is 6.12. The second kappa shape index (κ2) is 6.50. The first-order valence-corrected chi connectivity index (χ1v) is 7.92. The molecule has 3 aromatic rings. The molecular formula is C14H13BrClN5O. The minimum absolute atomic E-state index is 0.275. The van der Waals surface area contributed by atoms with E-state index in [1.165, 1.54) is 0 Å². The van der Waals surface area contributed by atoms with Gasteiger partial charge in [-0.25, -0.2) is 9.89 Å². The molecular weight excluding hydrogens is 370 g/mol. The van der Waals surface area contributed by atoms with Crippen molar-refractivity contribution in [2.45, 2.75) is 12.8 Å². The lowest BCUT2D eigenvalue weighted by Gasteiger charge is -2.10. The lowest BCUT2D eigenvalue weighted by molar-refractivity contribution is 0.806. The van der Waals surface area contributed by atoms with Crippen LogP contribution < -0.4 is 11.0 Å². The summed E-state index contributed by atoms with van der Waals surface area (Å²) in [6.45, 7) is 0.748. The van der Waals surface area contributed by atoms with Gasteiger partial charge in [0.1, 0.15) is 5.82 Å². The molecule has 0 spiro atoms. The maximum atomic E-state index is 10.9. The van der Waals surface area contributed by atoms with Gasteiger partial charge in [-0.2, -0.15) is 5.10 Å². The van der Waals surface area contributed by atoms with Gasteiger partial charge in [-0.05, 0) is 24.6 Å². The summed E-state index contributed by atoms with van der Waals surface area (Å²) in [5.74, 6) is 0.664. The number of aryl methyl sites for hydroxylation is 1. The van der Waals surface area contributed by atoms with Gasteiger partial charge in [0, 0.05) is 34.7 Å². The number of halogens is 2. The van der Waals surface area contributed by atoms with E-state index in [1.807, 2.05) is 18.2 Å². The van der Waals surface area contributed by atoms with Gasteiger partial charge in [0.15, 0.2) is 0 Å². The largest absolute Gasteiger partial charge is 0.384 e. The predicted octanol–water partition coefficient (Wildman–Crippen LogP) is 3.11. The highest BCUT2D eigenvalue weighted by Crippen LogP contribution is 2.30. The number of hydrogen-bond donors (Lipinski definition) is 3. The van der Waals surface area contributed by atoms with Crippen molar-refractivity contribution < 1.29 is 0 Å². The van der Waals surface area contributed by atoms with E-state index in [9.17, 15) is 4.79 Å². The number of nitrogens with zero attached hydrogens (tertiary/aromatic N) is 2. The summed E-state index contributed by atoms with van der Waals surface area (Å²) in [5, 5.41) is 11.2. The van der Waals surface area contributed by atoms with Crippen LogP contribution in [0.2, 0.25) is 5.02 Å². The second-order valence-electron chi connectivity index (χ2n) is 4.80. The minimum atomic E-state index is -0.275. The van der Waals surface area contributed by atoms with E-state index in [4.69, 9.17) is 11.6 Å². The predicted molar refractivity (Wildman–Crippen MR) is 90.5 cm³/mol. The fourth-order valence-electron chi connectivity index (χ4n) is 2.24. The average molecular weight is 383 g/mol. The van der Waals surface area contributed by atoms with Crippen LogP contribution in [0.3, 0.4) is 0 Å². The number of hydrogen-bond acceptors (Lipinski definition) is 4. The summed E-state index contributed by atoms with van der Waals surface area (Å²) < 4.78 is 0.912. The van der Waals surface area contributed by atoms with Crippen molar-refractivity contribution >= 4 is 44.1 Å². The topological polar surface area (TPSA) is 86.5 Å². The maximum absolute atomic E-state index is 10.9. The van der Waals surface area contributed by atoms with Gasteiger partial charge in [0.2, 0.25) is 0 Å². The number of anilines is 1. The van der Waals surface area contributed by atoms with E-state index < -0.39 is 0 Å². The SMILES string of the molecule is O=c1[nH]nc(CCCNc2ccnc3c(Cl)cc(Br)cc23)[nH]1. The van der Waals surface area contributed by atoms with Crippen molar-refractivity contribution in [2.24, 2.45) is 0 Å². The fourth-order valence-corrected chi connectivity index (χ4v) is 3.09. The van der Waals surface area contributed by atoms with Crippen LogP contribution in [0.15, 0.2) is 33.7 Å². The van der Waals surface area contributed by atoms with Crippen LogP contribution in [0.5, 0.6) is 0 Å². The molecule has 114 valence electrons. The van der Waals surface area contributed by atoms with Crippen molar-refractivity contribution in [3.63, 3.8) is 0 Å². The molecule has 0 unspecified atom stereocenters. The zero-order chi connectivity index (χ0) is 15.5. The first-order valence-electron chi connectivity index (χ1n) is 6.74. The summed E-state index contributed by atoms with van der Waals surface area (Å²) in [6.07, 6.45) is 3.27. The van der Waals surface area contributed by atoms with Gasteiger partial charge in [-0.15, -0.1) is 0 Å². The molecule has 0 bridgehead atoms. The quantitative estimate of drug-likeness (QED) is 0.592. The molecule has 0 aliphatic carbocycles. The van der Waals surface area contributed by atoms with E-state index >= 15 is 0 Å². The van der Waals surface area contributed by atoms with Crippen LogP contribution in [-0.2, 0) is 6.42 Å². The third kappa shape index (κ3) is 3.31. The minimum Gasteiger partial charge on any atom is -0.384 e. The molecule has 0 aliphatic rings. The molecule has 22 heavy (non-hydrogen) atoms. The molecule has 8 heteroatoms. The van der Waals surface area contributed by atoms with E-state index in [-0.39, 0.29) is 5.69 Å². The molecule has 2 aromatic heterocycles. The van der Waals surface area contributed by atoms with E-state index in [1.54, 1.807) is 6.20 Å². The third-order valence-corrected chi connectivity index (χ3v) is 3.97. The Labute approximate surface area is 139 Å². The molecule has 0 fully saturated rings. The monoisotopic (exact) mass is 381 g/mol. The van der Waals surface area contributed by atoms with Crippen LogP contribution in [-0.4, -0.2) is 26.7 Å². The molecule has 1 aromatic carbocycles. The van der Waals surface area contributed by atoms with Crippen LogP contribution in [0.25, 0.3) is 10.9 Å². The van der Waals surface area contributed by atoms with Crippen LogP contribution in [0.4, 0.5) is 5.69 Å². The smallest absolute Gasteiger partial charge is 0.340 e. The summed E-state index contributed by atoms with van der Waals surface area (Å²) in [6, 6.07) is 5.73. The number of fused-ring (bicyclic) bond motifs is 1. The maximum Gasteiger partial charge on any atom is 0.340 e. The zero-order valence-electron chi connectivity index (χ0n) is 11.5.